The maximum Gasteiger partial charge on any atom is 0.229 e. The van der Waals surface area contributed by atoms with Gasteiger partial charge in [0.25, 0.3) is 0 Å². The summed E-state index contributed by atoms with van der Waals surface area (Å²) in [5.41, 5.74) is 1.95. The highest BCUT2D eigenvalue weighted by atomic mass is 15.3. The molecule has 0 bridgehead atoms. The van der Waals surface area contributed by atoms with Crippen molar-refractivity contribution >= 4 is 23.3 Å². The Labute approximate surface area is 153 Å². The Morgan fingerprint density at radius 3 is 2.19 bits per heavy atom. The number of rotatable bonds is 4. The molecule has 3 aromatic rings. The molecule has 6 nitrogen and oxygen atoms in total. The van der Waals surface area contributed by atoms with Crippen LogP contribution in [0.4, 0.5) is 23.3 Å². The van der Waals surface area contributed by atoms with Gasteiger partial charge >= 0.3 is 0 Å². The lowest BCUT2D eigenvalue weighted by molar-refractivity contribution is 0.641. The molecule has 1 aromatic carbocycles. The number of aromatic nitrogens is 3. The molecule has 0 saturated carbocycles. The normalized spacial score (nSPS) is 14.3. The summed E-state index contributed by atoms with van der Waals surface area (Å²) >= 11 is 0. The highest BCUT2D eigenvalue weighted by Crippen LogP contribution is 2.21. The van der Waals surface area contributed by atoms with Gasteiger partial charge in [0, 0.05) is 49.8 Å². The van der Waals surface area contributed by atoms with Crippen LogP contribution in [0.25, 0.3) is 0 Å². The SMILES string of the molecule is Cc1cc(N2CCN(c3ccccn3)CC2)nc(Nc2ccccc2)n1. The molecule has 26 heavy (non-hydrogen) atoms. The fourth-order valence-electron chi connectivity index (χ4n) is 3.13. The van der Waals surface area contributed by atoms with Crippen molar-refractivity contribution in [2.24, 2.45) is 0 Å². The molecule has 3 heterocycles. The first kappa shape index (κ1) is 16.3. The first-order chi connectivity index (χ1) is 12.8. The summed E-state index contributed by atoms with van der Waals surface area (Å²) in [6, 6.07) is 18.1. The third-order valence-corrected chi connectivity index (χ3v) is 4.45. The Bertz CT molecular complexity index is 845. The van der Waals surface area contributed by atoms with Gasteiger partial charge in [0.1, 0.15) is 11.6 Å². The standard InChI is InChI=1S/C20H22N6/c1-16-15-19(24-20(22-16)23-17-7-3-2-4-8-17)26-13-11-25(12-14-26)18-9-5-6-10-21-18/h2-10,15H,11-14H2,1H3,(H,22,23,24). The first-order valence-corrected chi connectivity index (χ1v) is 8.87. The minimum absolute atomic E-state index is 0.637. The van der Waals surface area contributed by atoms with Gasteiger partial charge in [-0.3, -0.25) is 0 Å². The molecule has 4 rings (SSSR count). The second-order valence-electron chi connectivity index (χ2n) is 6.34. The number of nitrogens with zero attached hydrogens (tertiary/aromatic N) is 5. The molecule has 132 valence electrons. The molecule has 0 spiro atoms. The smallest absolute Gasteiger partial charge is 0.229 e. The zero-order valence-electron chi connectivity index (χ0n) is 14.8. The summed E-state index contributed by atoms with van der Waals surface area (Å²) in [6.07, 6.45) is 1.84. The Morgan fingerprint density at radius 2 is 1.50 bits per heavy atom. The number of pyridine rings is 1. The number of aryl methyl sites for hydroxylation is 1. The van der Waals surface area contributed by atoms with Gasteiger partial charge in [-0.1, -0.05) is 24.3 Å². The van der Waals surface area contributed by atoms with Gasteiger partial charge in [0.2, 0.25) is 5.95 Å². The van der Waals surface area contributed by atoms with E-state index in [4.69, 9.17) is 4.98 Å². The van der Waals surface area contributed by atoms with Crippen molar-refractivity contribution in [3.8, 4) is 0 Å². The van der Waals surface area contributed by atoms with Gasteiger partial charge in [-0.15, -0.1) is 0 Å². The van der Waals surface area contributed by atoms with Crippen LogP contribution in [0, 0.1) is 6.92 Å². The highest BCUT2D eigenvalue weighted by molar-refractivity contribution is 5.56. The van der Waals surface area contributed by atoms with E-state index < -0.39 is 0 Å². The molecule has 0 amide bonds. The number of piperazine rings is 1. The van der Waals surface area contributed by atoms with Crippen LogP contribution in [0.15, 0.2) is 60.8 Å². The van der Waals surface area contributed by atoms with Gasteiger partial charge in [-0.05, 0) is 31.2 Å². The molecular formula is C20H22N6. The Kier molecular flexibility index (Phi) is 4.64. The van der Waals surface area contributed by atoms with Crippen LogP contribution in [0.3, 0.4) is 0 Å². The molecule has 0 aliphatic carbocycles. The maximum atomic E-state index is 4.72. The average Bonchev–Trinajstić information content (AvgIpc) is 2.69. The molecule has 1 aliphatic heterocycles. The van der Waals surface area contributed by atoms with Crippen LogP contribution < -0.4 is 15.1 Å². The van der Waals surface area contributed by atoms with Crippen molar-refractivity contribution < 1.29 is 0 Å². The monoisotopic (exact) mass is 346 g/mol. The van der Waals surface area contributed by atoms with E-state index in [0.29, 0.717) is 5.95 Å². The Balaban J connectivity index is 1.46. The summed E-state index contributed by atoms with van der Waals surface area (Å²) in [5.74, 6) is 2.65. The van der Waals surface area contributed by atoms with Crippen LogP contribution >= 0.6 is 0 Å². The highest BCUT2D eigenvalue weighted by Gasteiger charge is 2.19. The van der Waals surface area contributed by atoms with Crippen LogP contribution in [-0.2, 0) is 0 Å². The van der Waals surface area contributed by atoms with Gasteiger partial charge in [-0.2, -0.15) is 4.98 Å². The van der Waals surface area contributed by atoms with Crippen molar-refractivity contribution in [3.63, 3.8) is 0 Å². The van der Waals surface area contributed by atoms with Gasteiger partial charge in [-0.25, -0.2) is 9.97 Å². The summed E-state index contributed by atoms with van der Waals surface area (Å²) in [5, 5.41) is 3.29. The molecule has 1 saturated heterocycles. The number of benzene rings is 1. The molecule has 1 aliphatic rings. The molecule has 1 N–H and O–H groups in total. The van der Waals surface area contributed by atoms with E-state index in [0.717, 1.165) is 49.2 Å². The van der Waals surface area contributed by atoms with Crippen LogP contribution in [0.2, 0.25) is 0 Å². The van der Waals surface area contributed by atoms with Crippen molar-refractivity contribution in [2.75, 3.05) is 41.3 Å². The average molecular weight is 346 g/mol. The van der Waals surface area contributed by atoms with Crippen LogP contribution in [-0.4, -0.2) is 41.1 Å². The second-order valence-corrected chi connectivity index (χ2v) is 6.34. The summed E-state index contributed by atoms with van der Waals surface area (Å²) < 4.78 is 0. The quantitative estimate of drug-likeness (QED) is 0.783. The van der Waals surface area contributed by atoms with E-state index in [2.05, 4.69) is 31.2 Å². The molecule has 1 fully saturated rings. The van der Waals surface area contributed by atoms with Crippen molar-refractivity contribution in [2.45, 2.75) is 6.92 Å². The molecule has 6 heteroatoms. The number of nitrogens with one attached hydrogen (secondary N) is 1. The second kappa shape index (κ2) is 7.39. The predicted octanol–water partition coefficient (Wildman–Crippen LogP) is 3.25. The van der Waals surface area contributed by atoms with Crippen molar-refractivity contribution in [1.82, 2.24) is 15.0 Å². The summed E-state index contributed by atoms with van der Waals surface area (Å²) in [6.45, 7) is 5.70. The predicted molar refractivity (Wildman–Crippen MR) is 105 cm³/mol. The number of para-hydroxylation sites is 1. The largest absolute Gasteiger partial charge is 0.353 e. The zero-order chi connectivity index (χ0) is 17.8. The van der Waals surface area contributed by atoms with E-state index in [1.54, 1.807) is 0 Å². The molecule has 0 atom stereocenters. The van der Waals surface area contributed by atoms with E-state index in [-0.39, 0.29) is 0 Å². The fraction of sp³-hybridized carbons (Fsp3) is 0.250. The lowest BCUT2D eigenvalue weighted by atomic mass is 10.3. The Morgan fingerprint density at radius 1 is 0.808 bits per heavy atom. The van der Waals surface area contributed by atoms with E-state index in [1.165, 1.54) is 0 Å². The van der Waals surface area contributed by atoms with Crippen LogP contribution in [0.5, 0.6) is 0 Å². The summed E-state index contributed by atoms with van der Waals surface area (Å²) in [4.78, 5) is 18.3. The number of hydrogen-bond donors (Lipinski definition) is 1. The molecular weight excluding hydrogens is 324 g/mol. The minimum Gasteiger partial charge on any atom is -0.353 e. The van der Waals surface area contributed by atoms with E-state index >= 15 is 0 Å². The minimum atomic E-state index is 0.637. The molecule has 0 unspecified atom stereocenters. The topological polar surface area (TPSA) is 57.2 Å². The van der Waals surface area contributed by atoms with E-state index in [9.17, 15) is 0 Å². The zero-order valence-corrected chi connectivity index (χ0v) is 14.8. The number of hydrogen-bond acceptors (Lipinski definition) is 6. The Hall–Kier alpha value is -3.15. The number of anilines is 4. The lowest BCUT2D eigenvalue weighted by Gasteiger charge is -2.36. The maximum absolute atomic E-state index is 4.72. The van der Waals surface area contributed by atoms with Crippen molar-refractivity contribution in [1.29, 1.82) is 0 Å². The van der Waals surface area contributed by atoms with E-state index in [1.807, 2.05) is 61.7 Å². The van der Waals surface area contributed by atoms with Crippen LogP contribution in [0.1, 0.15) is 5.69 Å². The molecule has 2 aromatic heterocycles. The van der Waals surface area contributed by atoms with Gasteiger partial charge in [0.05, 0.1) is 0 Å². The lowest BCUT2D eigenvalue weighted by Crippen LogP contribution is -2.47. The third kappa shape index (κ3) is 3.74. The fourth-order valence-corrected chi connectivity index (χ4v) is 3.13. The first-order valence-electron chi connectivity index (χ1n) is 8.87. The summed E-state index contributed by atoms with van der Waals surface area (Å²) in [7, 11) is 0. The van der Waals surface area contributed by atoms with Gasteiger partial charge < -0.3 is 15.1 Å². The van der Waals surface area contributed by atoms with Crippen molar-refractivity contribution in [3.05, 3.63) is 66.5 Å². The molecule has 0 radical (unpaired) electrons. The van der Waals surface area contributed by atoms with Gasteiger partial charge in [0.15, 0.2) is 0 Å². The third-order valence-electron chi connectivity index (χ3n) is 4.45.